The van der Waals surface area contributed by atoms with Gasteiger partial charge in [0.2, 0.25) is 11.8 Å². The Morgan fingerprint density at radius 3 is 2.30 bits per heavy atom. The Bertz CT molecular complexity index is 913. The highest BCUT2D eigenvalue weighted by molar-refractivity contribution is 6.35. The summed E-state index contributed by atoms with van der Waals surface area (Å²) in [5.74, 6) is 0.286. The van der Waals surface area contributed by atoms with E-state index in [1.54, 1.807) is 17.0 Å². The van der Waals surface area contributed by atoms with Gasteiger partial charge in [0.25, 0.3) is 0 Å². The second kappa shape index (κ2) is 13.6. The van der Waals surface area contributed by atoms with Gasteiger partial charge in [0.15, 0.2) is 0 Å². The lowest BCUT2D eigenvalue weighted by Gasteiger charge is -2.31. The highest BCUT2D eigenvalue weighted by Gasteiger charge is 2.28. The molecule has 2 amide bonds. The third-order valence-corrected chi connectivity index (χ3v) is 6.43. The molecule has 33 heavy (non-hydrogen) atoms. The average molecular weight is 492 g/mol. The first-order chi connectivity index (χ1) is 15.8. The van der Waals surface area contributed by atoms with Crippen molar-refractivity contribution in [2.24, 2.45) is 0 Å². The van der Waals surface area contributed by atoms with Crippen LogP contribution in [0.5, 0.6) is 0 Å². The molecule has 6 heteroatoms. The Hall–Kier alpha value is -2.04. The molecular formula is C27H36Cl2N2O2. The van der Waals surface area contributed by atoms with Crippen LogP contribution in [0, 0.1) is 0 Å². The lowest BCUT2D eigenvalue weighted by atomic mass is 10.00. The summed E-state index contributed by atoms with van der Waals surface area (Å²) in [5, 5.41) is 4.01. The molecule has 0 saturated heterocycles. The average Bonchev–Trinajstić information content (AvgIpc) is 2.79. The second-order valence-corrected chi connectivity index (χ2v) is 9.57. The monoisotopic (exact) mass is 490 g/mol. The van der Waals surface area contributed by atoms with E-state index in [0.29, 0.717) is 41.8 Å². The number of halogens is 2. The number of rotatable bonds is 12. The van der Waals surface area contributed by atoms with Crippen LogP contribution in [-0.2, 0) is 22.6 Å². The van der Waals surface area contributed by atoms with Crippen molar-refractivity contribution in [2.75, 3.05) is 6.54 Å². The van der Waals surface area contributed by atoms with E-state index in [0.717, 1.165) is 24.0 Å². The number of nitrogens with one attached hydrogen (secondary N) is 1. The van der Waals surface area contributed by atoms with E-state index >= 15 is 0 Å². The molecule has 0 radical (unpaired) electrons. The zero-order valence-electron chi connectivity index (χ0n) is 20.2. The fourth-order valence-electron chi connectivity index (χ4n) is 3.72. The topological polar surface area (TPSA) is 49.4 Å². The second-order valence-electron chi connectivity index (χ2n) is 8.72. The van der Waals surface area contributed by atoms with Crippen LogP contribution in [0.4, 0.5) is 0 Å². The van der Waals surface area contributed by atoms with Crippen molar-refractivity contribution in [3.8, 4) is 0 Å². The first-order valence-corrected chi connectivity index (χ1v) is 12.6. The largest absolute Gasteiger partial charge is 0.354 e. The van der Waals surface area contributed by atoms with Crippen LogP contribution in [0.3, 0.4) is 0 Å². The number of hydrogen-bond acceptors (Lipinski definition) is 2. The first-order valence-electron chi connectivity index (χ1n) is 11.9. The van der Waals surface area contributed by atoms with Crippen LogP contribution >= 0.6 is 23.2 Å². The van der Waals surface area contributed by atoms with Crippen LogP contribution in [0.25, 0.3) is 0 Å². The molecule has 1 N–H and O–H groups in total. The van der Waals surface area contributed by atoms with Gasteiger partial charge in [-0.05, 0) is 54.0 Å². The molecule has 0 bridgehead atoms. The quantitative estimate of drug-likeness (QED) is 0.333. The molecule has 1 atom stereocenters. The maximum absolute atomic E-state index is 13.4. The van der Waals surface area contributed by atoms with Gasteiger partial charge in [-0.1, -0.05) is 87.6 Å². The van der Waals surface area contributed by atoms with Gasteiger partial charge in [-0.15, -0.1) is 0 Å². The minimum atomic E-state index is -0.551. The molecule has 0 saturated carbocycles. The highest BCUT2D eigenvalue weighted by Crippen LogP contribution is 2.24. The summed E-state index contributed by atoms with van der Waals surface area (Å²) in [6.45, 7) is 9.20. The van der Waals surface area contributed by atoms with Gasteiger partial charge in [-0.3, -0.25) is 9.59 Å². The van der Waals surface area contributed by atoms with Crippen molar-refractivity contribution in [3.05, 3.63) is 69.2 Å². The number of aryl methyl sites for hydroxylation is 1. The molecule has 4 nitrogen and oxygen atoms in total. The summed E-state index contributed by atoms with van der Waals surface area (Å²) in [6.07, 6.45) is 3.38. The van der Waals surface area contributed by atoms with Gasteiger partial charge < -0.3 is 10.2 Å². The predicted molar refractivity (Wildman–Crippen MR) is 138 cm³/mol. The molecule has 2 rings (SSSR count). The Labute approximate surface area is 208 Å². The maximum Gasteiger partial charge on any atom is 0.242 e. The predicted octanol–water partition coefficient (Wildman–Crippen LogP) is 6.77. The van der Waals surface area contributed by atoms with Gasteiger partial charge in [-0.2, -0.15) is 0 Å². The van der Waals surface area contributed by atoms with Gasteiger partial charge in [0, 0.05) is 29.6 Å². The molecule has 180 valence electrons. The van der Waals surface area contributed by atoms with Crippen LogP contribution in [0.15, 0.2) is 42.5 Å². The fraction of sp³-hybridized carbons (Fsp3) is 0.481. The summed E-state index contributed by atoms with van der Waals surface area (Å²) in [7, 11) is 0. The molecule has 2 aromatic rings. The zero-order chi connectivity index (χ0) is 24.4. The number of carbonyl (C=O) groups is 2. The van der Waals surface area contributed by atoms with Crippen molar-refractivity contribution in [2.45, 2.75) is 78.3 Å². The summed E-state index contributed by atoms with van der Waals surface area (Å²) < 4.78 is 0. The van der Waals surface area contributed by atoms with Crippen molar-refractivity contribution < 1.29 is 9.59 Å². The molecule has 2 aromatic carbocycles. The summed E-state index contributed by atoms with van der Waals surface area (Å²) >= 11 is 12.4. The standard InChI is InChI=1S/C27H36Cl2N2O2/c1-5-7-16-30-27(33)25(6-2)31(18-22-13-14-23(28)17-24(22)29)26(32)15-10-20-8-11-21(12-9-20)19(3)4/h8-9,11-14,17,19,25H,5-7,10,15-16,18H2,1-4H3,(H,30,33). The Morgan fingerprint density at radius 2 is 1.73 bits per heavy atom. The number of nitrogens with zero attached hydrogens (tertiary/aromatic N) is 1. The zero-order valence-corrected chi connectivity index (χ0v) is 21.7. The van der Waals surface area contributed by atoms with Crippen LogP contribution in [-0.4, -0.2) is 29.3 Å². The van der Waals surface area contributed by atoms with E-state index in [1.165, 1.54) is 5.56 Å². The van der Waals surface area contributed by atoms with Gasteiger partial charge in [0.1, 0.15) is 6.04 Å². The smallest absolute Gasteiger partial charge is 0.242 e. The molecule has 0 aliphatic rings. The van der Waals surface area contributed by atoms with E-state index in [2.05, 4.69) is 50.4 Å². The molecule has 0 aliphatic carbocycles. The van der Waals surface area contributed by atoms with Gasteiger partial charge >= 0.3 is 0 Å². The van der Waals surface area contributed by atoms with E-state index in [9.17, 15) is 9.59 Å². The third-order valence-electron chi connectivity index (χ3n) is 5.85. The molecule has 0 heterocycles. The van der Waals surface area contributed by atoms with E-state index in [4.69, 9.17) is 23.2 Å². The Balaban J connectivity index is 2.20. The van der Waals surface area contributed by atoms with Crippen LogP contribution in [0.1, 0.15) is 76.0 Å². The van der Waals surface area contributed by atoms with Crippen LogP contribution in [0.2, 0.25) is 10.0 Å². The maximum atomic E-state index is 13.4. The minimum absolute atomic E-state index is 0.0635. The molecule has 0 aromatic heterocycles. The number of benzene rings is 2. The minimum Gasteiger partial charge on any atom is -0.354 e. The van der Waals surface area contributed by atoms with Gasteiger partial charge in [-0.25, -0.2) is 0 Å². The van der Waals surface area contributed by atoms with E-state index < -0.39 is 6.04 Å². The van der Waals surface area contributed by atoms with Crippen molar-refractivity contribution in [3.63, 3.8) is 0 Å². The van der Waals surface area contributed by atoms with Crippen molar-refractivity contribution >= 4 is 35.0 Å². The summed E-state index contributed by atoms with van der Waals surface area (Å²) in [4.78, 5) is 28.0. The first kappa shape index (κ1) is 27.2. The normalized spacial score (nSPS) is 12.0. The third kappa shape index (κ3) is 8.35. The van der Waals surface area contributed by atoms with Crippen LogP contribution < -0.4 is 5.32 Å². The SMILES string of the molecule is CCCCNC(=O)C(CC)N(Cc1ccc(Cl)cc1Cl)C(=O)CCc1ccc(C(C)C)cc1. The molecule has 0 aliphatic heterocycles. The number of hydrogen-bond donors (Lipinski definition) is 1. The Kier molecular flexibility index (Phi) is 11.2. The number of carbonyl (C=O) groups excluding carboxylic acids is 2. The Morgan fingerprint density at radius 1 is 1.03 bits per heavy atom. The fourth-order valence-corrected chi connectivity index (χ4v) is 4.19. The number of amides is 2. The lowest BCUT2D eigenvalue weighted by molar-refractivity contribution is -0.141. The summed E-state index contributed by atoms with van der Waals surface area (Å²) in [6, 6.07) is 13.1. The molecule has 0 spiro atoms. The van der Waals surface area contributed by atoms with Gasteiger partial charge in [0.05, 0.1) is 0 Å². The molecular weight excluding hydrogens is 455 g/mol. The summed E-state index contributed by atoms with van der Waals surface area (Å²) in [5.41, 5.74) is 3.16. The van der Waals surface area contributed by atoms with Crippen molar-refractivity contribution in [1.82, 2.24) is 10.2 Å². The van der Waals surface area contributed by atoms with E-state index in [-0.39, 0.29) is 18.4 Å². The lowest BCUT2D eigenvalue weighted by Crippen LogP contribution is -2.49. The number of unbranched alkanes of at least 4 members (excludes halogenated alkanes) is 1. The van der Waals surface area contributed by atoms with E-state index in [1.807, 2.05) is 13.0 Å². The molecule has 0 fully saturated rings. The molecule has 1 unspecified atom stereocenters. The van der Waals surface area contributed by atoms with Crippen molar-refractivity contribution in [1.29, 1.82) is 0 Å². The highest BCUT2D eigenvalue weighted by atomic mass is 35.5.